The molecule has 0 aliphatic carbocycles. The summed E-state index contributed by atoms with van der Waals surface area (Å²) in [7, 11) is 0. The second-order valence-electron chi connectivity index (χ2n) is 4.87. The number of ether oxygens (including phenoxy) is 1. The topological polar surface area (TPSA) is 60.2 Å². The van der Waals surface area contributed by atoms with Gasteiger partial charge in [0.2, 0.25) is 0 Å². The van der Waals surface area contributed by atoms with Gasteiger partial charge in [-0.3, -0.25) is 0 Å². The first-order valence-corrected chi connectivity index (χ1v) is 7.02. The molecule has 1 aromatic heterocycles. The van der Waals surface area contributed by atoms with Gasteiger partial charge in [-0.1, -0.05) is 5.21 Å². The lowest BCUT2D eigenvalue weighted by Gasteiger charge is -2.14. The van der Waals surface area contributed by atoms with Crippen molar-refractivity contribution >= 4 is 5.97 Å². The van der Waals surface area contributed by atoms with Crippen LogP contribution in [0.5, 0.6) is 0 Å². The van der Waals surface area contributed by atoms with Crippen LogP contribution in [0.3, 0.4) is 0 Å². The van der Waals surface area contributed by atoms with E-state index < -0.39 is 0 Å². The fourth-order valence-corrected chi connectivity index (χ4v) is 2.41. The van der Waals surface area contributed by atoms with E-state index in [-0.39, 0.29) is 5.97 Å². The zero-order valence-electron chi connectivity index (χ0n) is 11.8. The summed E-state index contributed by atoms with van der Waals surface area (Å²) in [6.07, 6.45) is 3.66. The zero-order chi connectivity index (χ0) is 13.7. The van der Waals surface area contributed by atoms with Gasteiger partial charge in [0.05, 0.1) is 12.3 Å². The van der Waals surface area contributed by atoms with Crippen LogP contribution in [0.1, 0.15) is 42.4 Å². The summed E-state index contributed by atoms with van der Waals surface area (Å²) in [5.74, 6) is -0.384. The van der Waals surface area contributed by atoms with Crippen LogP contribution in [-0.4, -0.2) is 52.1 Å². The van der Waals surface area contributed by atoms with Crippen molar-refractivity contribution in [3.63, 3.8) is 0 Å². The van der Waals surface area contributed by atoms with Gasteiger partial charge in [-0.15, -0.1) is 5.10 Å². The van der Waals surface area contributed by atoms with Crippen molar-refractivity contribution in [2.45, 2.75) is 39.7 Å². The summed E-state index contributed by atoms with van der Waals surface area (Å²) in [4.78, 5) is 14.1. The molecule has 1 aromatic rings. The highest BCUT2D eigenvalue weighted by atomic mass is 16.5. The van der Waals surface area contributed by atoms with Crippen molar-refractivity contribution in [3.05, 3.63) is 11.4 Å². The Hall–Kier alpha value is -1.43. The molecule has 1 aliphatic heterocycles. The zero-order valence-corrected chi connectivity index (χ0v) is 11.8. The maximum atomic E-state index is 11.6. The van der Waals surface area contributed by atoms with Crippen LogP contribution in [0.25, 0.3) is 0 Å². The quantitative estimate of drug-likeness (QED) is 0.725. The predicted octanol–water partition coefficient (Wildman–Crippen LogP) is 1.25. The Morgan fingerprint density at radius 3 is 2.74 bits per heavy atom. The Morgan fingerprint density at radius 1 is 1.32 bits per heavy atom. The lowest BCUT2D eigenvalue weighted by Crippen LogP contribution is -2.22. The number of rotatable bonds is 6. The number of hydrogen-bond donors (Lipinski definition) is 0. The first-order chi connectivity index (χ1) is 9.22. The highest BCUT2D eigenvalue weighted by Crippen LogP contribution is 2.09. The Labute approximate surface area is 113 Å². The Bertz CT molecular complexity index is 424. The molecule has 0 amide bonds. The molecule has 0 N–H and O–H groups in total. The average molecular weight is 266 g/mol. The van der Waals surface area contributed by atoms with Crippen LogP contribution >= 0.6 is 0 Å². The average Bonchev–Trinajstić information content (AvgIpc) is 3.01. The van der Waals surface area contributed by atoms with E-state index in [2.05, 4.69) is 15.2 Å². The van der Waals surface area contributed by atoms with Gasteiger partial charge in [-0.05, 0) is 52.7 Å². The van der Waals surface area contributed by atoms with Crippen molar-refractivity contribution in [3.8, 4) is 0 Å². The molecule has 1 saturated heterocycles. The molecule has 2 rings (SSSR count). The lowest BCUT2D eigenvalue weighted by molar-refractivity contribution is 0.0518. The summed E-state index contributed by atoms with van der Waals surface area (Å²) in [6.45, 7) is 8.33. The molecule has 0 atom stereocenters. The molecule has 1 aliphatic rings. The van der Waals surface area contributed by atoms with Crippen molar-refractivity contribution in [2.24, 2.45) is 0 Å². The molecule has 6 heteroatoms. The van der Waals surface area contributed by atoms with Crippen LogP contribution in [0, 0.1) is 6.92 Å². The van der Waals surface area contributed by atoms with Crippen LogP contribution in [0.2, 0.25) is 0 Å². The minimum Gasteiger partial charge on any atom is -0.461 e. The Morgan fingerprint density at radius 2 is 2.05 bits per heavy atom. The van der Waals surface area contributed by atoms with E-state index in [1.165, 1.54) is 25.9 Å². The summed E-state index contributed by atoms with van der Waals surface area (Å²) < 4.78 is 6.74. The number of hydrogen-bond acceptors (Lipinski definition) is 5. The minimum atomic E-state index is -0.384. The highest BCUT2D eigenvalue weighted by molar-refractivity contribution is 5.88. The number of aryl methyl sites for hydroxylation is 1. The Balaban J connectivity index is 1.85. The number of aromatic nitrogens is 3. The molecule has 0 bridgehead atoms. The van der Waals surface area contributed by atoms with Crippen molar-refractivity contribution in [1.29, 1.82) is 0 Å². The van der Waals surface area contributed by atoms with Gasteiger partial charge in [-0.25, -0.2) is 9.48 Å². The third-order valence-electron chi connectivity index (χ3n) is 3.49. The second kappa shape index (κ2) is 6.65. The molecule has 0 unspecified atom stereocenters. The molecular weight excluding hydrogens is 244 g/mol. The second-order valence-corrected chi connectivity index (χ2v) is 4.87. The van der Waals surface area contributed by atoms with Crippen LogP contribution in [-0.2, 0) is 11.3 Å². The maximum Gasteiger partial charge on any atom is 0.360 e. The molecule has 0 saturated carbocycles. The molecular formula is C13H22N4O2. The van der Waals surface area contributed by atoms with Crippen molar-refractivity contribution < 1.29 is 9.53 Å². The van der Waals surface area contributed by atoms with Crippen LogP contribution in [0.15, 0.2) is 0 Å². The molecule has 0 spiro atoms. The molecule has 0 radical (unpaired) electrons. The van der Waals surface area contributed by atoms with Gasteiger partial charge in [0.15, 0.2) is 5.69 Å². The van der Waals surface area contributed by atoms with E-state index >= 15 is 0 Å². The lowest BCUT2D eigenvalue weighted by atomic mass is 10.3. The van der Waals surface area contributed by atoms with Gasteiger partial charge in [0.25, 0.3) is 0 Å². The highest BCUT2D eigenvalue weighted by Gasteiger charge is 2.17. The number of carbonyl (C=O) groups excluding carboxylic acids is 1. The van der Waals surface area contributed by atoms with Gasteiger partial charge >= 0.3 is 5.97 Å². The van der Waals surface area contributed by atoms with E-state index in [1.54, 1.807) is 11.6 Å². The molecule has 1 fully saturated rings. The molecule has 2 heterocycles. The number of carbonyl (C=O) groups is 1. The Kier molecular flexibility index (Phi) is 4.90. The number of likely N-dealkylation sites (tertiary alicyclic amines) is 1. The van der Waals surface area contributed by atoms with Crippen molar-refractivity contribution in [1.82, 2.24) is 19.9 Å². The standard InChI is InChI=1S/C13H22N4O2/c1-3-19-13(18)12-11(2)17(15-14-12)10-6-9-16-7-4-5-8-16/h3-10H2,1-2H3. The van der Waals surface area contributed by atoms with Gasteiger partial charge < -0.3 is 9.64 Å². The van der Waals surface area contributed by atoms with Gasteiger partial charge in [-0.2, -0.15) is 0 Å². The van der Waals surface area contributed by atoms with Gasteiger partial charge in [0, 0.05) is 6.54 Å². The largest absolute Gasteiger partial charge is 0.461 e. The number of nitrogens with zero attached hydrogens (tertiary/aromatic N) is 4. The van der Waals surface area contributed by atoms with Gasteiger partial charge in [0.1, 0.15) is 0 Å². The summed E-state index contributed by atoms with van der Waals surface area (Å²) in [5.41, 5.74) is 1.13. The maximum absolute atomic E-state index is 11.6. The van der Waals surface area contributed by atoms with E-state index in [0.717, 1.165) is 25.2 Å². The van der Waals surface area contributed by atoms with E-state index in [1.807, 2.05) is 6.92 Å². The third kappa shape index (κ3) is 3.53. The fraction of sp³-hybridized carbons (Fsp3) is 0.769. The van der Waals surface area contributed by atoms with E-state index in [9.17, 15) is 4.79 Å². The van der Waals surface area contributed by atoms with E-state index in [4.69, 9.17) is 4.74 Å². The third-order valence-corrected chi connectivity index (χ3v) is 3.49. The fourth-order valence-electron chi connectivity index (χ4n) is 2.41. The smallest absolute Gasteiger partial charge is 0.360 e. The first-order valence-electron chi connectivity index (χ1n) is 7.02. The van der Waals surface area contributed by atoms with Crippen molar-refractivity contribution in [2.75, 3.05) is 26.2 Å². The summed E-state index contributed by atoms with van der Waals surface area (Å²) in [6, 6.07) is 0. The normalized spacial score (nSPS) is 15.9. The minimum absolute atomic E-state index is 0.336. The molecule has 6 nitrogen and oxygen atoms in total. The summed E-state index contributed by atoms with van der Waals surface area (Å²) in [5, 5.41) is 7.94. The monoisotopic (exact) mass is 266 g/mol. The summed E-state index contributed by atoms with van der Waals surface area (Å²) >= 11 is 0. The van der Waals surface area contributed by atoms with Crippen LogP contribution < -0.4 is 0 Å². The molecule has 19 heavy (non-hydrogen) atoms. The first kappa shape index (κ1) is 14.0. The molecule has 106 valence electrons. The number of esters is 1. The SMILES string of the molecule is CCOC(=O)c1nnn(CCCN2CCCC2)c1C. The molecule has 0 aromatic carbocycles. The van der Waals surface area contributed by atoms with E-state index in [0.29, 0.717) is 12.3 Å². The van der Waals surface area contributed by atoms with Crippen LogP contribution in [0.4, 0.5) is 0 Å². The predicted molar refractivity (Wildman–Crippen MR) is 71.0 cm³/mol.